The zero-order valence-electron chi connectivity index (χ0n) is 14.1. The molecule has 2 nitrogen and oxygen atoms in total. The van der Waals surface area contributed by atoms with E-state index < -0.39 is 5.60 Å². The van der Waals surface area contributed by atoms with Crippen LogP contribution in [0.5, 0.6) is 0 Å². The molecule has 0 spiro atoms. The van der Waals surface area contributed by atoms with Crippen LogP contribution in [-0.2, 0) is 4.79 Å². The fourth-order valence-electron chi connectivity index (χ4n) is 6.44. The largest absolute Gasteiger partial charge is 0.390 e. The molecule has 120 valence electrons. The van der Waals surface area contributed by atoms with Crippen molar-refractivity contribution in [2.24, 2.45) is 28.6 Å². The van der Waals surface area contributed by atoms with Gasteiger partial charge in [0.1, 0.15) is 0 Å². The Kier molecular flexibility index (Phi) is 2.90. The SMILES string of the molecule is C[C@]12C=CC(=O)C=C1CC[C@@H]1[C@@H]2CC[C@@]2(C)[C@H]1CC[C@@]2(C)O. The molecule has 0 aliphatic heterocycles. The van der Waals surface area contributed by atoms with Gasteiger partial charge in [-0.1, -0.05) is 25.5 Å². The standard InChI is InChI=1S/C20H28O2/c1-18-9-6-14(21)12-13(18)4-5-15-16(18)7-10-19(2)17(15)8-11-20(19,3)22/h6,9,12,15-17,22H,4-5,7-8,10-11H2,1-3H3/t15-,16+,17+,18+,19+,20-/m1/s1. The summed E-state index contributed by atoms with van der Waals surface area (Å²) in [4.78, 5) is 11.7. The van der Waals surface area contributed by atoms with Gasteiger partial charge in [0, 0.05) is 5.41 Å². The fourth-order valence-corrected chi connectivity index (χ4v) is 6.44. The topological polar surface area (TPSA) is 37.3 Å². The molecule has 0 saturated heterocycles. The summed E-state index contributed by atoms with van der Waals surface area (Å²) < 4.78 is 0. The van der Waals surface area contributed by atoms with Crippen LogP contribution in [-0.4, -0.2) is 16.5 Å². The van der Waals surface area contributed by atoms with Crippen molar-refractivity contribution in [3.63, 3.8) is 0 Å². The minimum Gasteiger partial charge on any atom is -0.390 e. The molecule has 0 amide bonds. The lowest BCUT2D eigenvalue weighted by Gasteiger charge is -2.57. The maximum absolute atomic E-state index is 11.7. The molecular formula is C20H28O2. The molecule has 0 aromatic rings. The van der Waals surface area contributed by atoms with Gasteiger partial charge in [0.2, 0.25) is 0 Å². The molecule has 0 unspecified atom stereocenters. The Morgan fingerprint density at radius 1 is 1.09 bits per heavy atom. The van der Waals surface area contributed by atoms with E-state index in [1.54, 1.807) is 6.08 Å². The highest BCUT2D eigenvalue weighted by Crippen LogP contribution is 2.66. The van der Waals surface area contributed by atoms with Crippen LogP contribution in [0.4, 0.5) is 0 Å². The third kappa shape index (κ3) is 1.68. The molecule has 1 N–H and O–H groups in total. The predicted molar refractivity (Wildman–Crippen MR) is 87.2 cm³/mol. The van der Waals surface area contributed by atoms with Gasteiger partial charge in [-0.05, 0) is 80.8 Å². The van der Waals surface area contributed by atoms with E-state index in [1.807, 2.05) is 6.08 Å². The van der Waals surface area contributed by atoms with Crippen molar-refractivity contribution in [2.75, 3.05) is 0 Å². The van der Waals surface area contributed by atoms with Gasteiger partial charge < -0.3 is 5.11 Å². The molecule has 0 radical (unpaired) electrons. The fraction of sp³-hybridized carbons (Fsp3) is 0.750. The summed E-state index contributed by atoms with van der Waals surface area (Å²) in [7, 11) is 0. The Labute approximate surface area is 133 Å². The molecule has 6 atom stereocenters. The van der Waals surface area contributed by atoms with Crippen LogP contribution >= 0.6 is 0 Å². The van der Waals surface area contributed by atoms with E-state index in [-0.39, 0.29) is 16.6 Å². The Morgan fingerprint density at radius 3 is 2.59 bits per heavy atom. The van der Waals surface area contributed by atoms with E-state index in [0.29, 0.717) is 17.8 Å². The summed E-state index contributed by atoms with van der Waals surface area (Å²) >= 11 is 0. The van der Waals surface area contributed by atoms with Crippen molar-refractivity contribution in [3.8, 4) is 0 Å². The van der Waals surface area contributed by atoms with Crippen molar-refractivity contribution < 1.29 is 9.90 Å². The van der Waals surface area contributed by atoms with Crippen LogP contribution in [0.3, 0.4) is 0 Å². The van der Waals surface area contributed by atoms with E-state index >= 15 is 0 Å². The van der Waals surface area contributed by atoms with Crippen molar-refractivity contribution >= 4 is 5.78 Å². The number of aliphatic hydroxyl groups is 1. The summed E-state index contributed by atoms with van der Waals surface area (Å²) in [6.45, 7) is 6.73. The highest BCUT2D eigenvalue weighted by molar-refractivity contribution is 6.01. The molecule has 22 heavy (non-hydrogen) atoms. The normalized spacial score (nSPS) is 53.5. The minimum atomic E-state index is -0.502. The van der Waals surface area contributed by atoms with Crippen LogP contribution in [0.25, 0.3) is 0 Å². The van der Waals surface area contributed by atoms with Crippen molar-refractivity contribution in [2.45, 2.75) is 64.9 Å². The molecule has 0 heterocycles. The molecule has 0 aromatic heterocycles. The second kappa shape index (κ2) is 4.35. The Morgan fingerprint density at radius 2 is 1.82 bits per heavy atom. The quantitative estimate of drug-likeness (QED) is 0.733. The number of ketones is 1. The predicted octanol–water partition coefficient (Wildman–Crippen LogP) is 4.05. The molecule has 4 aliphatic carbocycles. The van der Waals surface area contributed by atoms with Crippen LogP contribution in [0.2, 0.25) is 0 Å². The Bertz CT molecular complexity index is 585. The smallest absolute Gasteiger partial charge is 0.178 e. The lowest BCUT2D eigenvalue weighted by molar-refractivity contribution is -0.114. The van der Waals surface area contributed by atoms with Gasteiger partial charge in [0.05, 0.1) is 5.60 Å². The molecule has 2 heteroatoms. The third-order valence-corrected chi connectivity index (χ3v) is 8.12. The van der Waals surface area contributed by atoms with Gasteiger partial charge in [-0.3, -0.25) is 4.79 Å². The average Bonchev–Trinajstić information content (AvgIpc) is 2.70. The second-order valence-corrected chi connectivity index (χ2v) is 8.87. The van der Waals surface area contributed by atoms with Crippen LogP contribution < -0.4 is 0 Å². The summed E-state index contributed by atoms with van der Waals surface area (Å²) in [5, 5.41) is 10.9. The molecule has 4 aliphatic rings. The van der Waals surface area contributed by atoms with E-state index in [0.717, 1.165) is 19.3 Å². The second-order valence-electron chi connectivity index (χ2n) is 8.87. The molecule has 3 fully saturated rings. The summed E-state index contributed by atoms with van der Waals surface area (Å²) in [6.07, 6.45) is 12.5. The minimum absolute atomic E-state index is 0.0760. The summed E-state index contributed by atoms with van der Waals surface area (Å²) in [5.41, 5.74) is 1.01. The molecule has 3 saturated carbocycles. The first-order valence-corrected chi connectivity index (χ1v) is 8.95. The first-order valence-electron chi connectivity index (χ1n) is 8.95. The first kappa shape index (κ1) is 14.7. The monoisotopic (exact) mass is 300 g/mol. The van der Waals surface area contributed by atoms with Crippen LogP contribution in [0, 0.1) is 28.6 Å². The number of carbonyl (C=O) groups is 1. The van der Waals surface area contributed by atoms with Gasteiger partial charge in [-0.25, -0.2) is 0 Å². The number of rotatable bonds is 0. The van der Waals surface area contributed by atoms with Gasteiger partial charge in [-0.2, -0.15) is 0 Å². The number of allylic oxidation sites excluding steroid dienone is 4. The highest BCUT2D eigenvalue weighted by atomic mass is 16.3. The third-order valence-electron chi connectivity index (χ3n) is 8.12. The molecule has 0 bridgehead atoms. The maximum Gasteiger partial charge on any atom is 0.178 e. The average molecular weight is 300 g/mol. The maximum atomic E-state index is 11.7. The molecule has 4 rings (SSSR count). The lowest BCUT2D eigenvalue weighted by atomic mass is 9.47. The van der Waals surface area contributed by atoms with E-state index in [4.69, 9.17) is 0 Å². The highest BCUT2D eigenvalue weighted by Gasteiger charge is 2.61. The number of fused-ring (bicyclic) bond motifs is 5. The van der Waals surface area contributed by atoms with E-state index in [1.165, 1.54) is 24.8 Å². The van der Waals surface area contributed by atoms with Gasteiger partial charge in [0.25, 0.3) is 0 Å². The Hall–Kier alpha value is -0.890. The van der Waals surface area contributed by atoms with E-state index in [2.05, 4.69) is 26.8 Å². The van der Waals surface area contributed by atoms with Crippen LogP contribution in [0.15, 0.2) is 23.8 Å². The lowest BCUT2D eigenvalue weighted by Crippen LogP contribution is -2.53. The zero-order chi connectivity index (χ0) is 15.8. The molecular weight excluding hydrogens is 272 g/mol. The van der Waals surface area contributed by atoms with Gasteiger partial charge in [0.15, 0.2) is 5.78 Å². The van der Waals surface area contributed by atoms with Gasteiger partial charge in [-0.15, -0.1) is 0 Å². The van der Waals surface area contributed by atoms with Crippen molar-refractivity contribution in [1.29, 1.82) is 0 Å². The van der Waals surface area contributed by atoms with Crippen LogP contribution in [0.1, 0.15) is 59.3 Å². The zero-order valence-corrected chi connectivity index (χ0v) is 14.1. The van der Waals surface area contributed by atoms with E-state index in [9.17, 15) is 9.90 Å². The number of hydrogen-bond acceptors (Lipinski definition) is 2. The molecule has 0 aromatic carbocycles. The summed E-state index contributed by atoms with van der Waals surface area (Å²) in [6, 6.07) is 0. The number of hydrogen-bond donors (Lipinski definition) is 1. The van der Waals surface area contributed by atoms with Crippen molar-refractivity contribution in [1.82, 2.24) is 0 Å². The Balaban J connectivity index is 1.71. The number of carbonyl (C=O) groups excluding carboxylic acids is 1. The summed E-state index contributed by atoms with van der Waals surface area (Å²) in [5.74, 6) is 2.15. The van der Waals surface area contributed by atoms with Gasteiger partial charge >= 0.3 is 0 Å². The van der Waals surface area contributed by atoms with Crippen molar-refractivity contribution in [3.05, 3.63) is 23.8 Å². The first-order chi connectivity index (χ1) is 10.3.